The molecule has 0 spiro atoms. The van der Waals surface area contributed by atoms with Crippen LogP contribution >= 0.6 is 0 Å². The maximum absolute atomic E-state index is 10.6. The number of nitrogens with zero attached hydrogens (tertiary/aromatic N) is 3. The molecule has 116 valence electrons. The van der Waals surface area contributed by atoms with E-state index < -0.39 is 4.92 Å². The molecule has 2 unspecified atom stereocenters. The Hall–Kier alpha value is -2.04. The number of rotatable bonds is 3. The SMILES string of the molecule is CC12CCC(CC1=NN=Cc1ccc([N+](=O)[O-])cc1)C2(C)C. The van der Waals surface area contributed by atoms with Gasteiger partial charge in [0.25, 0.3) is 5.69 Å². The number of hydrogen-bond donors (Lipinski definition) is 0. The largest absolute Gasteiger partial charge is 0.269 e. The third-order valence-electron chi connectivity index (χ3n) is 6.00. The molecule has 0 aliphatic heterocycles. The molecule has 0 saturated heterocycles. The summed E-state index contributed by atoms with van der Waals surface area (Å²) in [6.45, 7) is 6.99. The zero-order chi connectivity index (χ0) is 16.0. The van der Waals surface area contributed by atoms with Crippen molar-refractivity contribution in [2.45, 2.75) is 40.0 Å². The molecular weight excluding hydrogens is 278 g/mol. The number of nitro benzene ring substituents is 1. The number of benzene rings is 1. The first-order valence-corrected chi connectivity index (χ1v) is 7.69. The number of non-ortho nitro benzene ring substituents is 1. The van der Waals surface area contributed by atoms with Crippen LogP contribution in [0, 0.1) is 26.9 Å². The van der Waals surface area contributed by atoms with Gasteiger partial charge in [-0.15, -0.1) is 0 Å². The molecule has 2 saturated carbocycles. The van der Waals surface area contributed by atoms with Gasteiger partial charge in [0.05, 0.1) is 11.1 Å². The van der Waals surface area contributed by atoms with E-state index in [1.165, 1.54) is 30.7 Å². The van der Waals surface area contributed by atoms with Crippen molar-refractivity contribution >= 4 is 17.6 Å². The van der Waals surface area contributed by atoms with Crippen LogP contribution in [0.2, 0.25) is 0 Å². The highest BCUT2D eigenvalue weighted by Gasteiger charge is 2.59. The van der Waals surface area contributed by atoms with Crippen LogP contribution in [-0.2, 0) is 0 Å². The van der Waals surface area contributed by atoms with E-state index in [1.54, 1.807) is 18.3 Å². The third-order valence-corrected chi connectivity index (χ3v) is 6.00. The van der Waals surface area contributed by atoms with Crippen molar-refractivity contribution in [3.05, 3.63) is 39.9 Å². The molecule has 5 nitrogen and oxygen atoms in total. The minimum absolute atomic E-state index is 0.0887. The standard InChI is InChI=1S/C17H21N3O2/c1-16(2)13-8-9-17(16,3)15(10-13)19-18-11-12-4-6-14(7-5-12)20(21)22/h4-7,11,13H,8-10H2,1-3H3. The number of nitro groups is 1. The van der Waals surface area contributed by atoms with Crippen molar-refractivity contribution in [1.29, 1.82) is 0 Å². The molecule has 1 aromatic carbocycles. The Morgan fingerprint density at radius 2 is 1.95 bits per heavy atom. The van der Waals surface area contributed by atoms with Gasteiger partial charge in [0.2, 0.25) is 0 Å². The highest BCUT2D eigenvalue weighted by atomic mass is 16.6. The third kappa shape index (κ3) is 2.16. The van der Waals surface area contributed by atoms with Crippen LogP contribution in [-0.4, -0.2) is 16.8 Å². The molecule has 5 heteroatoms. The molecule has 2 fully saturated rings. The van der Waals surface area contributed by atoms with Crippen LogP contribution in [0.5, 0.6) is 0 Å². The van der Waals surface area contributed by atoms with Gasteiger partial charge in [0, 0.05) is 23.3 Å². The summed E-state index contributed by atoms with van der Waals surface area (Å²) in [4.78, 5) is 10.2. The van der Waals surface area contributed by atoms with E-state index in [0.29, 0.717) is 11.3 Å². The topological polar surface area (TPSA) is 67.9 Å². The summed E-state index contributed by atoms with van der Waals surface area (Å²) in [5.41, 5.74) is 2.57. The first-order chi connectivity index (χ1) is 10.3. The molecule has 0 aromatic heterocycles. The minimum atomic E-state index is -0.403. The zero-order valence-corrected chi connectivity index (χ0v) is 13.2. The van der Waals surface area contributed by atoms with Crippen molar-refractivity contribution in [3.63, 3.8) is 0 Å². The second-order valence-corrected chi connectivity index (χ2v) is 7.13. The highest BCUT2D eigenvalue weighted by Crippen LogP contribution is 2.63. The van der Waals surface area contributed by atoms with E-state index in [1.807, 2.05) is 0 Å². The van der Waals surface area contributed by atoms with Crippen molar-refractivity contribution in [2.24, 2.45) is 27.0 Å². The summed E-state index contributed by atoms with van der Waals surface area (Å²) in [6, 6.07) is 6.34. The Balaban J connectivity index is 1.76. The molecule has 22 heavy (non-hydrogen) atoms. The summed E-state index contributed by atoms with van der Waals surface area (Å²) in [7, 11) is 0. The molecule has 3 rings (SSSR count). The van der Waals surface area contributed by atoms with Gasteiger partial charge in [-0.3, -0.25) is 10.1 Å². The van der Waals surface area contributed by atoms with Gasteiger partial charge in [-0.05, 0) is 48.3 Å². The van der Waals surface area contributed by atoms with Crippen molar-refractivity contribution in [2.75, 3.05) is 0 Å². The summed E-state index contributed by atoms with van der Waals surface area (Å²) in [5, 5.41) is 19.3. The fourth-order valence-corrected chi connectivity index (χ4v) is 3.93. The highest BCUT2D eigenvalue weighted by molar-refractivity contribution is 5.94. The first-order valence-electron chi connectivity index (χ1n) is 7.69. The summed E-state index contributed by atoms with van der Waals surface area (Å²) >= 11 is 0. The van der Waals surface area contributed by atoms with Crippen molar-refractivity contribution in [1.82, 2.24) is 0 Å². The van der Waals surface area contributed by atoms with E-state index in [4.69, 9.17) is 0 Å². The fourth-order valence-electron chi connectivity index (χ4n) is 3.93. The van der Waals surface area contributed by atoms with Crippen molar-refractivity contribution < 1.29 is 4.92 Å². The molecule has 1 aromatic rings. The van der Waals surface area contributed by atoms with Gasteiger partial charge in [-0.25, -0.2) is 0 Å². The van der Waals surface area contributed by atoms with Gasteiger partial charge in [0.1, 0.15) is 0 Å². The minimum Gasteiger partial charge on any atom is -0.258 e. The maximum atomic E-state index is 10.6. The van der Waals surface area contributed by atoms with Gasteiger partial charge in [0.15, 0.2) is 0 Å². The van der Waals surface area contributed by atoms with Gasteiger partial charge >= 0.3 is 0 Å². The van der Waals surface area contributed by atoms with Crippen LogP contribution in [0.25, 0.3) is 0 Å². The van der Waals surface area contributed by atoms with E-state index in [9.17, 15) is 10.1 Å². The summed E-state index contributed by atoms with van der Waals surface area (Å²) < 4.78 is 0. The Kier molecular flexibility index (Phi) is 3.38. The first kappa shape index (κ1) is 14.9. The number of fused-ring (bicyclic) bond motifs is 2. The Bertz CT molecular complexity index is 661. The molecule has 0 heterocycles. The molecule has 0 N–H and O–H groups in total. The van der Waals surface area contributed by atoms with E-state index in [0.717, 1.165) is 12.0 Å². The van der Waals surface area contributed by atoms with Crippen LogP contribution < -0.4 is 0 Å². The average Bonchev–Trinajstić information content (AvgIpc) is 2.81. The summed E-state index contributed by atoms with van der Waals surface area (Å²) in [6.07, 6.45) is 5.19. The number of hydrogen-bond acceptors (Lipinski definition) is 4. The zero-order valence-electron chi connectivity index (χ0n) is 13.2. The lowest BCUT2D eigenvalue weighted by molar-refractivity contribution is -0.384. The smallest absolute Gasteiger partial charge is 0.258 e. The molecule has 0 amide bonds. The van der Waals surface area contributed by atoms with Crippen LogP contribution in [0.4, 0.5) is 5.69 Å². The van der Waals surface area contributed by atoms with E-state index >= 15 is 0 Å². The normalized spacial score (nSPS) is 31.2. The molecule has 2 aliphatic rings. The van der Waals surface area contributed by atoms with Crippen LogP contribution in [0.15, 0.2) is 34.5 Å². The molecule has 2 atom stereocenters. The Morgan fingerprint density at radius 3 is 2.45 bits per heavy atom. The van der Waals surface area contributed by atoms with Crippen LogP contribution in [0.1, 0.15) is 45.6 Å². The molecule has 2 aliphatic carbocycles. The van der Waals surface area contributed by atoms with E-state index in [-0.39, 0.29) is 11.1 Å². The molecule has 0 radical (unpaired) electrons. The second-order valence-electron chi connectivity index (χ2n) is 7.13. The second kappa shape index (κ2) is 5.00. The predicted octanol–water partition coefficient (Wildman–Crippen LogP) is 4.22. The lowest BCUT2D eigenvalue weighted by Gasteiger charge is -2.34. The fraction of sp³-hybridized carbons (Fsp3) is 0.529. The van der Waals surface area contributed by atoms with Crippen molar-refractivity contribution in [3.8, 4) is 0 Å². The summed E-state index contributed by atoms with van der Waals surface area (Å²) in [5.74, 6) is 0.714. The van der Waals surface area contributed by atoms with Crippen LogP contribution in [0.3, 0.4) is 0 Å². The quantitative estimate of drug-likeness (QED) is 0.476. The lowest BCUT2D eigenvalue weighted by Crippen LogP contribution is -2.32. The maximum Gasteiger partial charge on any atom is 0.269 e. The lowest BCUT2D eigenvalue weighted by atomic mass is 9.70. The van der Waals surface area contributed by atoms with Gasteiger partial charge < -0.3 is 0 Å². The average molecular weight is 299 g/mol. The van der Waals surface area contributed by atoms with Gasteiger partial charge in [-0.2, -0.15) is 10.2 Å². The molecular formula is C17H21N3O2. The van der Waals surface area contributed by atoms with Gasteiger partial charge in [-0.1, -0.05) is 20.8 Å². The Labute approximate surface area is 130 Å². The van der Waals surface area contributed by atoms with E-state index in [2.05, 4.69) is 31.0 Å². The molecule has 2 bridgehead atoms. The predicted molar refractivity (Wildman–Crippen MR) is 87.4 cm³/mol. The monoisotopic (exact) mass is 299 g/mol. The Morgan fingerprint density at radius 1 is 1.27 bits per heavy atom.